The molecule has 0 fully saturated rings. The molecule has 0 saturated carbocycles. The molecule has 3 aromatic carbocycles. The molecule has 0 unspecified atom stereocenters. The number of rotatable bonds is 5. The van der Waals surface area contributed by atoms with Crippen molar-refractivity contribution < 1.29 is 6.85 Å². The lowest BCUT2D eigenvalue weighted by molar-refractivity contribution is 0.559. The van der Waals surface area contributed by atoms with Gasteiger partial charge in [-0.25, -0.2) is 0 Å². The number of hydrogen-bond donors (Lipinski definition) is 1. The van der Waals surface area contributed by atoms with Crippen LogP contribution in [0.25, 0.3) is 0 Å². The zero-order valence-electron chi connectivity index (χ0n) is 18.3. The molecule has 2 heteroatoms. The lowest BCUT2D eigenvalue weighted by Gasteiger charge is -2.23. The molecular formula is C22H20N2. The highest BCUT2D eigenvalue weighted by molar-refractivity contribution is 5.34. The van der Waals surface area contributed by atoms with Crippen molar-refractivity contribution in [1.82, 2.24) is 5.32 Å². The van der Waals surface area contributed by atoms with Crippen molar-refractivity contribution in [2.24, 2.45) is 0 Å². The van der Waals surface area contributed by atoms with Gasteiger partial charge in [0.05, 0.1) is 19.0 Å². The summed E-state index contributed by atoms with van der Waals surface area (Å²) >= 11 is 0. The minimum atomic E-state index is -0.754. The average Bonchev–Trinajstić information content (AvgIpc) is 2.74. The van der Waals surface area contributed by atoms with E-state index in [1.54, 1.807) is 0 Å². The van der Waals surface area contributed by atoms with Crippen LogP contribution >= 0.6 is 0 Å². The first-order chi connectivity index (χ1) is 13.8. The lowest BCUT2D eigenvalue weighted by Crippen LogP contribution is -2.26. The van der Waals surface area contributed by atoms with E-state index in [2.05, 4.69) is 11.4 Å². The Bertz CT molecular complexity index is 1030. The molecule has 0 aliphatic rings. The normalized spacial score (nSPS) is 15.9. The summed E-state index contributed by atoms with van der Waals surface area (Å²) in [5.41, 5.74) is 2.63. The molecule has 0 aromatic heterocycles. The lowest BCUT2D eigenvalue weighted by atomic mass is 9.96. The summed E-state index contributed by atoms with van der Waals surface area (Å²) in [6.45, 7) is 1.96. The van der Waals surface area contributed by atoms with Gasteiger partial charge in [-0.1, -0.05) is 90.4 Å². The van der Waals surface area contributed by atoms with Crippen LogP contribution in [0.1, 0.15) is 41.2 Å². The minimum Gasteiger partial charge on any atom is -0.287 e. The van der Waals surface area contributed by atoms with Crippen LogP contribution in [0.4, 0.5) is 0 Å². The highest BCUT2D eigenvalue weighted by Gasteiger charge is 2.19. The molecule has 0 aliphatic carbocycles. The molecule has 0 spiro atoms. The highest BCUT2D eigenvalue weighted by Crippen LogP contribution is 2.26. The summed E-state index contributed by atoms with van der Waals surface area (Å²) in [5, 5.41) is 13.0. The van der Waals surface area contributed by atoms with E-state index in [1.165, 1.54) is 0 Å². The molecule has 2 atom stereocenters. The Morgan fingerprint density at radius 1 is 0.875 bits per heavy atom. The number of nitrogens with one attached hydrogen (secondary N) is 1. The van der Waals surface area contributed by atoms with Crippen molar-refractivity contribution in [3.05, 3.63) is 107 Å². The molecule has 0 bridgehead atoms. The van der Waals surface area contributed by atoms with Gasteiger partial charge >= 0.3 is 0 Å². The standard InChI is InChI=1S/C22H20N2/c1-17-12-14-18(15-13-17)21(16-23)24-22(19-8-4-2-5-9-19)20-10-6-3-7-11-20/h2-15,21-22,24H,1H3/t21-/m1/s1/i2D,4D,5D,8D,9D/t21-,22-. The third-order valence-corrected chi connectivity index (χ3v) is 3.81. The van der Waals surface area contributed by atoms with Gasteiger partial charge in [0, 0.05) is 0 Å². The second kappa shape index (κ2) is 7.59. The van der Waals surface area contributed by atoms with Crippen LogP contribution in [-0.2, 0) is 0 Å². The number of hydrogen-bond acceptors (Lipinski definition) is 2. The van der Waals surface area contributed by atoms with Crippen LogP contribution in [0, 0.1) is 18.3 Å². The van der Waals surface area contributed by atoms with Gasteiger partial charge in [0.1, 0.15) is 6.04 Å². The van der Waals surface area contributed by atoms with E-state index in [4.69, 9.17) is 6.85 Å². The maximum absolute atomic E-state index is 9.77. The highest BCUT2D eigenvalue weighted by atomic mass is 15.0. The second-order valence-electron chi connectivity index (χ2n) is 5.52. The first-order valence-corrected chi connectivity index (χ1v) is 7.69. The van der Waals surface area contributed by atoms with E-state index < -0.39 is 30.2 Å². The van der Waals surface area contributed by atoms with Gasteiger partial charge in [-0.05, 0) is 23.6 Å². The van der Waals surface area contributed by atoms with Gasteiger partial charge in [0.25, 0.3) is 0 Å². The summed E-state index contributed by atoms with van der Waals surface area (Å²) in [5.74, 6) is 0. The average molecular weight is 317 g/mol. The van der Waals surface area contributed by atoms with Crippen molar-refractivity contribution in [2.45, 2.75) is 19.0 Å². The third-order valence-electron chi connectivity index (χ3n) is 3.81. The van der Waals surface area contributed by atoms with Crippen LogP contribution in [-0.4, -0.2) is 0 Å². The molecule has 2 nitrogen and oxygen atoms in total. The Hall–Kier alpha value is -2.89. The van der Waals surface area contributed by atoms with E-state index in [0.717, 1.165) is 11.1 Å². The van der Waals surface area contributed by atoms with E-state index >= 15 is 0 Å². The van der Waals surface area contributed by atoms with Crippen LogP contribution in [0.3, 0.4) is 0 Å². The largest absolute Gasteiger partial charge is 0.287 e. The maximum atomic E-state index is 9.77. The topological polar surface area (TPSA) is 35.8 Å². The SMILES string of the molecule is [2H]c1c([2H])c([2H])c([C@@H](N[C@H](C#N)c2ccc(C)cc2)c2ccccc2)c([2H])c1[2H]. The monoisotopic (exact) mass is 317 g/mol. The fourth-order valence-corrected chi connectivity index (χ4v) is 2.53. The zero-order valence-corrected chi connectivity index (χ0v) is 13.3. The number of aryl methyl sites for hydroxylation is 1. The molecule has 24 heavy (non-hydrogen) atoms. The van der Waals surface area contributed by atoms with E-state index in [0.29, 0.717) is 5.56 Å². The van der Waals surface area contributed by atoms with Gasteiger partial charge in [0.2, 0.25) is 0 Å². The zero-order chi connectivity index (χ0) is 21.1. The fourth-order valence-electron chi connectivity index (χ4n) is 2.53. The van der Waals surface area contributed by atoms with E-state index in [1.807, 2.05) is 61.5 Å². The summed E-state index contributed by atoms with van der Waals surface area (Å²) < 4.78 is 40.6. The fraction of sp³-hybridized carbons (Fsp3) is 0.136. The molecule has 0 radical (unpaired) electrons. The van der Waals surface area contributed by atoms with E-state index in [9.17, 15) is 5.26 Å². The van der Waals surface area contributed by atoms with Gasteiger partial charge in [-0.2, -0.15) is 5.26 Å². The Kier molecular flexibility index (Phi) is 3.42. The van der Waals surface area contributed by atoms with Crippen LogP contribution < -0.4 is 5.32 Å². The quantitative estimate of drug-likeness (QED) is 0.723. The summed E-state index contributed by atoms with van der Waals surface area (Å²) in [7, 11) is 0. The Balaban J connectivity index is 2.15. The molecular weight excluding hydrogens is 292 g/mol. The number of benzene rings is 3. The molecule has 0 saturated heterocycles. The van der Waals surface area contributed by atoms with Crippen LogP contribution in [0.5, 0.6) is 0 Å². The van der Waals surface area contributed by atoms with Gasteiger partial charge in [-0.15, -0.1) is 0 Å². The minimum absolute atomic E-state index is 0.120. The van der Waals surface area contributed by atoms with Crippen LogP contribution in [0.2, 0.25) is 0 Å². The number of nitrogens with zero attached hydrogens (tertiary/aromatic N) is 1. The molecule has 0 heterocycles. The first kappa shape index (κ1) is 10.8. The first-order valence-electron chi connectivity index (χ1n) is 10.2. The van der Waals surface area contributed by atoms with Crippen LogP contribution in [0.15, 0.2) is 84.8 Å². The molecule has 3 rings (SSSR count). The summed E-state index contributed by atoms with van der Waals surface area (Å²) in [6, 6.07) is 15.5. The van der Waals surface area contributed by atoms with E-state index in [-0.39, 0.29) is 17.6 Å². The van der Waals surface area contributed by atoms with Gasteiger partial charge in [0.15, 0.2) is 0 Å². The Morgan fingerprint density at radius 2 is 1.54 bits per heavy atom. The van der Waals surface area contributed by atoms with Gasteiger partial charge < -0.3 is 0 Å². The maximum Gasteiger partial charge on any atom is 0.122 e. The predicted molar refractivity (Wildman–Crippen MR) is 97.4 cm³/mol. The molecule has 118 valence electrons. The predicted octanol–water partition coefficient (Wildman–Crippen LogP) is 4.94. The second-order valence-corrected chi connectivity index (χ2v) is 5.52. The van der Waals surface area contributed by atoms with Crippen molar-refractivity contribution in [2.75, 3.05) is 0 Å². The third kappa shape index (κ3) is 3.71. The Labute approximate surface area is 150 Å². The molecule has 3 aromatic rings. The van der Waals surface area contributed by atoms with Gasteiger partial charge in [-0.3, -0.25) is 5.32 Å². The van der Waals surface area contributed by atoms with Crippen molar-refractivity contribution in [3.63, 3.8) is 0 Å². The molecule has 0 aliphatic heterocycles. The number of nitriles is 1. The Morgan fingerprint density at radius 3 is 2.17 bits per heavy atom. The van der Waals surface area contributed by atoms with Crippen molar-refractivity contribution >= 4 is 0 Å². The van der Waals surface area contributed by atoms with Crippen molar-refractivity contribution in [1.29, 1.82) is 5.26 Å². The summed E-state index contributed by atoms with van der Waals surface area (Å²) in [4.78, 5) is 0. The smallest absolute Gasteiger partial charge is 0.122 e. The summed E-state index contributed by atoms with van der Waals surface area (Å²) in [6.07, 6.45) is 0. The molecule has 1 N–H and O–H groups in total. The van der Waals surface area contributed by atoms with Crippen molar-refractivity contribution in [3.8, 4) is 6.07 Å². The molecule has 0 amide bonds.